The molecule has 8 nitrogen and oxygen atoms in total. The highest BCUT2D eigenvalue weighted by atomic mass is 16.5. The van der Waals surface area contributed by atoms with Crippen molar-refractivity contribution in [2.45, 2.75) is 73.7 Å². The first-order chi connectivity index (χ1) is 16.7. The average molecular weight is 479 g/mol. The Balaban J connectivity index is 1.25. The highest BCUT2D eigenvalue weighted by molar-refractivity contribution is 6.22. The number of nitrogens with zero attached hydrogens (tertiary/aromatic N) is 2. The molecule has 4 aliphatic carbocycles. The SMILES string of the molecule is Cc1ccc(O)c2c1[C@]13C(=NCC4(O)CC4)C1(O)CCC(N(C)C(=O)C1CC1c1ccoc1)[C@@H]3O2. The number of rotatable bonds is 5. The number of aliphatic hydroxyl groups is 2. The molecule has 8 heteroatoms. The quantitative estimate of drug-likeness (QED) is 0.608. The Morgan fingerprint density at radius 1 is 1.23 bits per heavy atom. The molecular weight excluding hydrogens is 448 g/mol. The fourth-order valence-corrected chi connectivity index (χ4v) is 6.90. The summed E-state index contributed by atoms with van der Waals surface area (Å²) in [4.78, 5) is 20.1. The predicted octanol–water partition coefficient (Wildman–Crippen LogP) is 2.43. The molecule has 1 aromatic heterocycles. The number of phenolic OH excluding ortho intramolecular Hbond substituents is 1. The largest absolute Gasteiger partial charge is 0.504 e. The van der Waals surface area contributed by atoms with Crippen LogP contribution in [0.15, 0.2) is 40.1 Å². The van der Waals surface area contributed by atoms with Crippen LogP contribution in [0.3, 0.4) is 0 Å². The summed E-state index contributed by atoms with van der Waals surface area (Å²) in [5.41, 5.74) is 0.441. The molecule has 184 valence electrons. The first kappa shape index (κ1) is 21.4. The normalized spacial score (nSPS) is 38.2. The summed E-state index contributed by atoms with van der Waals surface area (Å²) in [6.07, 6.45) is 6.00. The molecule has 0 saturated heterocycles. The van der Waals surface area contributed by atoms with Gasteiger partial charge < -0.3 is 29.4 Å². The fourth-order valence-electron chi connectivity index (χ4n) is 6.90. The van der Waals surface area contributed by atoms with Gasteiger partial charge in [0.15, 0.2) is 11.5 Å². The van der Waals surface area contributed by atoms with E-state index in [-0.39, 0.29) is 36.1 Å². The van der Waals surface area contributed by atoms with E-state index < -0.39 is 22.7 Å². The van der Waals surface area contributed by atoms with Crippen molar-refractivity contribution in [3.63, 3.8) is 0 Å². The number of benzene rings is 1. The highest BCUT2D eigenvalue weighted by Crippen LogP contribution is 2.70. The van der Waals surface area contributed by atoms with Crippen LogP contribution in [-0.2, 0) is 10.2 Å². The predicted molar refractivity (Wildman–Crippen MR) is 126 cm³/mol. The maximum absolute atomic E-state index is 13.5. The van der Waals surface area contributed by atoms with E-state index in [1.807, 2.05) is 26.1 Å². The number of furan rings is 1. The van der Waals surface area contributed by atoms with Gasteiger partial charge in [-0.3, -0.25) is 9.79 Å². The number of fused-ring (bicyclic) bond motifs is 1. The second-order valence-corrected chi connectivity index (χ2v) is 11.3. The van der Waals surface area contributed by atoms with Gasteiger partial charge in [-0.25, -0.2) is 0 Å². The number of hydrogen-bond acceptors (Lipinski definition) is 7. The minimum Gasteiger partial charge on any atom is -0.504 e. The number of aromatic hydroxyl groups is 1. The number of likely N-dealkylation sites (N-methyl/N-ethyl adjacent to an activating group) is 1. The monoisotopic (exact) mass is 478 g/mol. The maximum atomic E-state index is 13.5. The minimum atomic E-state index is -1.20. The van der Waals surface area contributed by atoms with Crippen LogP contribution in [0.1, 0.15) is 54.7 Å². The Morgan fingerprint density at radius 2 is 2.03 bits per heavy atom. The third kappa shape index (κ3) is 2.69. The van der Waals surface area contributed by atoms with E-state index in [1.54, 1.807) is 23.5 Å². The Kier molecular flexibility index (Phi) is 4.09. The molecule has 7 rings (SSSR count). The van der Waals surface area contributed by atoms with Crippen molar-refractivity contribution < 1.29 is 29.3 Å². The van der Waals surface area contributed by atoms with Crippen molar-refractivity contribution in [1.82, 2.24) is 4.90 Å². The first-order valence-corrected chi connectivity index (χ1v) is 12.5. The number of hydrogen-bond donors (Lipinski definition) is 3. The van der Waals surface area contributed by atoms with Gasteiger partial charge in [0, 0.05) is 18.5 Å². The zero-order valence-electron chi connectivity index (χ0n) is 19.9. The number of phenols is 1. The van der Waals surface area contributed by atoms with Gasteiger partial charge in [-0.2, -0.15) is 0 Å². The van der Waals surface area contributed by atoms with E-state index in [9.17, 15) is 20.1 Å². The zero-order valence-corrected chi connectivity index (χ0v) is 19.9. The lowest BCUT2D eigenvalue weighted by atomic mass is 9.75. The van der Waals surface area contributed by atoms with Gasteiger partial charge in [0.05, 0.1) is 36.4 Å². The number of carbonyl (C=O) groups is 1. The van der Waals surface area contributed by atoms with Crippen molar-refractivity contribution in [2.75, 3.05) is 13.6 Å². The lowest BCUT2D eigenvalue weighted by molar-refractivity contribution is -0.137. The molecule has 0 radical (unpaired) electrons. The number of aliphatic imine (C=N–C) groups is 1. The zero-order chi connectivity index (χ0) is 24.3. The average Bonchev–Trinajstić information content (AvgIpc) is 3.76. The topological polar surface area (TPSA) is 116 Å². The van der Waals surface area contributed by atoms with Crippen LogP contribution >= 0.6 is 0 Å². The van der Waals surface area contributed by atoms with Gasteiger partial charge in [-0.05, 0) is 68.2 Å². The molecule has 1 amide bonds. The molecule has 5 aliphatic rings. The molecule has 4 unspecified atom stereocenters. The van der Waals surface area contributed by atoms with E-state index >= 15 is 0 Å². The van der Waals surface area contributed by atoms with Crippen LogP contribution in [0.5, 0.6) is 11.5 Å². The van der Waals surface area contributed by atoms with E-state index in [2.05, 4.69) is 0 Å². The van der Waals surface area contributed by atoms with Gasteiger partial charge >= 0.3 is 0 Å². The summed E-state index contributed by atoms with van der Waals surface area (Å²) >= 11 is 0. The Bertz CT molecular complexity index is 1270. The van der Waals surface area contributed by atoms with Gasteiger partial charge in [0.2, 0.25) is 5.91 Å². The summed E-state index contributed by atoms with van der Waals surface area (Å²) in [5.74, 6) is 0.542. The van der Waals surface area contributed by atoms with E-state index in [4.69, 9.17) is 14.1 Å². The van der Waals surface area contributed by atoms with Crippen molar-refractivity contribution in [3.05, 3.63) is 47.4 Å². The van der Waals surface area contributed by atoms with Crippen LogP contribution in [0.4, 0.5) is 0 Å². The maximum Gasteiger partial charge on any atom is 0.226 e. The number of ether oxygens (including phenoxy) is 1. The molecule has 3 N–H and O–H groups in total. The standard InChI is InChI=1S/C27H30N2O6/c1-14-3-4-19(30)21-20(14)27-22(35-21)18(5-7-26(27,33)24(27)28-13-25(32)8-9-25)29(2)23(31)17-11-16(17)15-6-10-34-12-15/h3-4,6,10,12,16-18,22,30,32-33H,5,7-9,11,13H2,1-2H3/t16?,17?,18?,22-,26?,27-/m0/s1. The van der Waals surface area contributed by atoms with Crippen molar-refractivity contribution >= 4 is 11.6 Å². The molecule has 1 spiro atoms. The van der Waals surface area contributed by atoms with Crippen molar-refractivity contribution in [3.8, 4) is 11.5 Å². The Hall–Kier alpha value is -2.84. The fraction of sp³-hybridized carbons (Fsp3) is 0.556. The molecule has 4 saturated carbocycles. The molecule has 2 heterocycles. The van der Waals surface area contributed by atoms with Crippen LogP contribution in [0.25, 0.3) is 0 Å². The minimum absolute atomic E-state index is 0.0266. The molecule has 4 fully saturated rings. The van der Waals surface area contributed by atoms with E-state index in [0.29, 0.717) is 37.1 Å². The van der Waals surface area contributed by atoms with E-state index in [0.717, 1.165) is 23.1 Å². The lowest BCUT2D eigenvalue weighted by Gasteiger charge is -2.39. The summed E-state index contributed by atoms with van der Waals surface area (Å²) in [5, 5.41) is 33.0. The van der Waals surface area contributed by atoms with Gasteiger partial charge in [0.1, 0.15) is 17.1 Å². The second-order valence-electron chi connectivity index (χ2n) is 11.3. The van der Waals surface area contributed by atoms with Crippen LogP contribution in [-0.4, -0.2) is 68.8 Å². The van der Waals surface area contributed by atoms with Crippen molar-refractivity contribution in [1.29, 1.82) is 0 Å². The molecule has 6 atom stereocenters. The Labute approximate surface area is 203 Å². The molecule has 1 aromatic carbocycles. The molecular formula is C27H30N2O6. The summed E-state index contributed by atoms with van der Waals surface area (Å²) in [6.45, 7) is 2.20. The number of carbonyl (C=O) groups excluding carboxylic acids is 1. The third-order valence-electron chi connectivity index (χ3n) is 9.20. The van der Waals surface area contributed by atoms with Crippen LogP contribution < -0.4 is 4.74 Å². The number of aryl methyl sites for hydroxylation is 1. The van der Waals surface area contributed by atoms with Gasteiger partial charge in [-0.15, -0.1) is 0 Å². The Morgan fingerprint density at radius 3 is 2.74 bits per heavy atom. The summed E-state index contributed by atoms with van der Waals surface area (Å²) < 4.78 is 11.6. The van der Waals surface area contributed by atoms with Crippen molar-refractivity contribution in [2.24, 2.45) is 10.9 Å². The smallest absolute Gasteiger partial charge is 0.226 e. The summed E-state index contributed by atoms with van der Waals surface area (Å²) in [6, 6.07) is 5.07. The van der Waals surface area contributed by atoms with Crippen LogP contribution in [0, 0.1) is 12.8 Å². The highest BCUT2D eigenvalue weighted by Gasteiger charge is 2.85. The first-order valence-electron chi connectivity index (χ1n) is 12.5. The molecule has 0 bridgehead atoms. The lowest BCUT2D eigenvalue weighted by Crippen LogP contribution is -2.55. The van der Waals surface area contributed by atoms with Gasteiger partial charge in [0.25, 0.3) is 0 Å². The summed E-state index contributed by atoms with van der Waals surface area (Å²) in [7, 11) is 1.82. The third-order valence-corrected chi connectivity index (χ3v) is 9.20. The second kappa shape index (κ2) is 6.68. The van der Waals surface area contributed by atoms with E-state index in [1.165, 1.54) is 0 Å². The number of amides is 1. The van der Waals surface area contributed by atoms with Crippen LogP contribution in [0.2, 0.25) is 0 Å². The molecule has 35 heavy (non-hydrogen) atoms. The molecule has 2 aromatic rings. The molecule has 1 aliphatic heterocycles. The van der Waals surface area contributed by atoms with Gasteiger partial charge in [-0.1, -0.05) is 6.07 Å².